The van der Waals surface area contributed by atoms with Crippen LogP contribution in [0.2, 0.25) is 0 Å². The molecular formula is C26H31F2NO. The number of rotatable bonds is 7. The number of aryl methyl sites for hydroxylation is 2. The highest BCUT2D eigenvalue weighted by atomic mass is 19.3. The molecule has 1 N–H and O–H groups in total. The molecule has 2 aromatic rings. The molecule has 2 nitrogen and oxygen atoms in total. The molecule has 1 heterocycles. The van der Waals surface area contributed by atoms with Crippen molar-refractivity contribution in [3.63, 3.8) is 0 Å². The fourth-order valence-electron chi connectivity index (χ4n) is 4.23. The summed E-state index contributed by atoms with van der Waals surface area (Å²) in [6.45, 7) is 7.79. The van der Waals surface area contributed by atoms with Gasteiger partial charge in [-0.25, -0.2) is 8.78 Å². The Kier molecular flexibility index (Phi) is 6.74. The molecule has 1 aliphatic rings. The lowest BCUT2D eigenvalue weighted by Crippen LogP contribution is -2.35. The van der Waals surface area contributed by atoms with Gasteiger partial charge in [0.15, 0.2) is 0 Å². The van der Waals surface area contributed by atoms with Gasteiger partial charge in [-0.3, -0.25) is 4.98 Å². The number of halogens is 2. The Hall–Kier alpha value is -2.49. The summed E-state index contributed by atoms with van der Waals surface area (Å²) in [6.07, 6.45) is 6.24. The second-order valence-corrected chi connectivity index (χ2v) is 8.50. The van der Waals surface area contributed by atoms with Crippen LogP contribution >= 0.6 is 0 Å². The summed E-state index contributed by atoms with van der Waals surface area (Å²) in [5.41, 5.74) is 7.04. The molecule has 1 aromatic carbocycles. The lowest BCUT2D eigenvalue weighted by molar-refractivity contribution is -0.111. The summed E-state index contributed by atoms with van der Waals surface area (Å²) in [7, 11) is 0. The Morgan fingerprint density at radius 2 is 1.83 bits per heavy atom. The number of aliphatic hydroxyl groups excluding tert-OH is 1. The zero-order chi connectivity index (χ0) is 21.9. The molecule has 1 fully saturated rings. The van der Waals surface area contributed by atoms with Crippen LogP contribution in [0.5, 0.6) is 0 Å². The summed E-state index contributed by atoms with van der Waals surface area (Å²) in [6, 6.07) is 10.4. The highest BCUT2D eigenvalue weighted by Crippen LogP contribution is 2.44. The zero-order valence-corrected chi connectivity index (χ0v) is 18.3. The summed E-state index contributed by atoms with van der Waals surface area (Å²) >= 11 is 0. The standard InChI is InChI=1S/C26H31F2NO/c1-5-23(19(4)30)22-13-18(3)25(29-16-22)24(21-11-9-17(2)10-12-21)8-6-7-20-14-26(27,28)15-20/h8-13,16,20,30H,5-7,14-15H2,1-4H3/b23-19+,24-8-. The number of benzene rings is 1. The van der Waals surface area contributed by atoms with Crippen LogP contribution < -0.4 is 0 Å². The first-order chi connectivity index (χ1) is 14.2. The SMILES string of the molecule is CC/C(=C(/C)O)c1cnc(/C(=C\CCC2CC(F)(F)C2)c2ccc(C)cc2)c(C)c1. The van der Waals surface area contributed by atoms with E-state index in [1.54, 1.807) is 6.92 Å². The van der Waals surface area contributed by atoms with Crippen molar-refractivity contribution in [2.75, 3.05) is 0 Å². The van der Waals surface area contributed by atoms with Gasteiger partial charge < -0.3 is 5.11 Å². The van der Waals surface area contributed by atoms with Crippen LogP contribution in [0.25, 0.3) is 11.1 Å². The average molecular weight is 412 g/mol. The van der Waals surface area contributed by atoms with Gasteiger partial charge in [0.2, 0.25) is 5.92 Å². The third-order valence-electron chi connectivity index (χ3n) is 5.93. The number of allylic oxidation sites excluding steroid dienone is 3. The molecule has 0 aliphatic heterocycles. The monoisotopic (exact) mass is 411 g/mol. The quantitative estimate of drug-likeness (QED) is 0.475. The van der Waals surface area contributed by atoms with Crippen molar-refractivity contribution < 1.29 is 13.9 Å². The molecule has 0 unspecified atom stereocenters. The molecule has 4 heteroatoms. The summed E-state index contributed by atoms with van der Waals surface area (Å²) < 4.78 is 26.3. The predicted molar refractivity (Wildman–Crippen MR) is 120 cm³/mol. The third kappa shape index (κ3) is 5.16. The van der Waals surface area contributed by atoms with Crippen molar-refractivity contribution >= 4 is 11.1 Å². The van der Waals surface area contributed by atoms with Gasteiger partial charge in [-0.2, -0.15) is 0 Å². The van der Waals surface area contributed by atoms with E-state index in [1.165, 1.54) is 5.56 Å². The van der Waals surface area contributed by atoms with Gasteiger partial charge in [0.05, 0.1) is 11.5 Å². The van der Waals surface area contributed by atoms with E-state index in [2.05, 4.69) is 43.3 Å². The van der Waals surface area contributed by atoms with Crippen molar-refractivity contribution in [3.8, 4) is 0 Å². The number of pyridine rings is 1. The molecule has 0 radical (unpaired) electrons. The summed E-state index contributed by atoms with van der Waals surface area (Å²) in [5, 5.41) is 9.96. The minimum atomic E-state index is -2.46. The Balaban J connectivity index is 1.91. The molecule has 3 rings (SSSR count). The molecule has 1 aliphatic carbocycles. The predicted octanol–water partition coefficient (Wildman–Crippen LogP) is 7.65. The highest BCUT2D eigenvalue weighted by Gasteiger charge is 2.44. The number of alkyl halides is 2. The van der Waals surface area contributed by atoms with E-state index in [9.17, 15) is 13.9 Å². The first kappa shape index (κ1) is 22.2. The largest absolute Gasteiger partial charge is 0.512 e. The number of hydrogen-bond acceptors (Lipinski definition) is 2. The van der Waals surface area contributed by atoms with Crippen molar-refractivity contribution in [3.05, 3.63) is 76.3 Å². The van der Waals surface area contributed by atoms with E-state index in [-0.39, 0.29) is 18.8 Å². The minimum absolute atomic E-state index is 0.0132. The van der Waals surface area contributed by atoms with E-state index in [1.807, 2.05) is 20.0 Å². The number of hydrogen-bond donors (Lipinski definition) is 1. The zero-order valence-electron chi connectivity index (χ0n) is 18.3. The van der Waals surface area contributed by atoms with Crippen LogP contribution in [0.15, 0.2) is 48.4 Å². The Bertz CT molecular complexity index is 945. The Morgan fingerprint density at radius 1 is 1.17 bits per heavy atom. The van der Waals surface area contributed by atoms with Crippen LogP contribution in [0.1, 0.15) is 73.9 Å². The van der Waals surface area contributed by atoms with Crippen LogP contribution in [0.4, 0.5) is 8.78 Å². The number of nitrogens with zero attached hydrogens (tertiary/aromatic N) is 1. The molecule has 1 aromatic heterocycles. The number of aliphatic hydroxyl groups is 1. The lowest BCUT2D eigenvalue weighted by Gasteiger charge is -2.34. The maximum atomic E-state index is 13.1. The van der Waals surface area contributed by atoms with Crippen LogP contribution in [-0.2, 0) is 0 Å². The maximum Gasteiger partial charge on any atom is 0.248 e. The van der Waals surface area contributed by atoms with Gasteiger partial charge in [0.1, 0.15) is 0 Å². The van der Waals surface area contributed by atoms with E-state index in [0.717, 1.165) is 52.8 Å². The fraction of sp³-hybridized carbons (Fsp3) is 0.423. The first-order valence-corrected chi connectivity index (χ1v) is 10.7. The molecule has 1 saturated carbocycles. The van der Waals surface area contributed by atoms with E-state index in [0.29, 0.717) is 5.76 Å². The average Bonchev–Trinajstić information content (AvgIpc) is 2.65. The number of aromatic nitrogens is 1. The molecule has 0 atom stereocenters. The maximum absolute atomic E-state index is 13.1. The second-order valence-electron chi connectivity index (χ2n) is 8.50. The van der Waals surface area contributed by atoms with Crippen molar-refractivity contribution in [2.24, 2.45) is 5.92 Å². The van der Waals surface area contributed by atoms with Crippen LogP contribution in [0.3, 0.4) is 0 Å². The molecular weight excluding hydrogens is 380 g/mol. The second kappa shape index (κ2) is 9.11. The molecule has 0 bridgehead atoms. The van der Waals surface area contributed by atoms with Gasteiger partial charge in [0.25, 0.3) is 0 Å². The fourth-order valence-corrected chi connectivity index (χ4v) is 4.23. The molecule has 30 heavy (non-hydrogen) atoms. The first-order valence-electron chi connectivity index (χ1n) is 10.7. The molecule has 0 saturated heterocycles. The minimum Gasteiger partial charge on any atom is -0.512 e. The van der Waals surface area contributed by atoms with Gasteiger partial charge in [-0.05, 0) is 74.3 Å². The van der Waals surface area contributed by atoms with Crippen LogP contribution in [-0.4, -0.2) is 16.0 Å². The van der Waals surface area contributed by atoms with Crippen molar-refractivity contribution in [2.45, 2.75) is 65.7 Å². The smallest absolute Gasteiger partial charge is 0.248 e. The van der Waals surface area contributed by atoms with E-state index >= 15 is 0 Å². The van der Waals surface area contributed by atoms with Gasteiger partial charge in [-0.1, -0.05) is 42.8 Å². The summed E-state index contributed by atoms with van der Waals surface area (Å²) in [4.78, 5) is 4.75. The topological polar surface area (TPSA) is 33.1 Å². The third-order valence-corrected chi connectivity index (χ3v) is 5.93. The van der Waals surface area contributed by atoms with E-state index in [4.69, 9.17) is 4.98 Å². The van der Waals surface area contributed by atoms with Gasteiger partial charge in [0, 0.05) is 24.6 Å². The van der Waals surface area contributed by atoms with Gasteiger partial charge >= 0.3 is 0 Å². The Labute approximate surface area is 178 Å². The van der Waals surface area contributed by atoms with E-state index < -0.39 is 5.92 Å². The van der Waals surface area contributed by atoms with Gasteiger partial charge in [-0.15, -0.1) is 0 Å². The highest BCUT2D eigenvalue weighted by molar-refractivity contribution is 5.80. The van der Waals surface area contributed by atoms with Crippen molar-refractivity contribution in [1.29, 1.82) is 0 Å². The lowest BCUT2D eigenvalue weighted by atomic mass is 9.78. The normalized spacial score (nSPS) is 17.5. The molecule has 160 valence electrons. The molecule has 0 spiro atoms. The molecule has 0 amide bonds. The summed E-state index contributed by atoms with van der Waals surface area (Å²) in [5.74, 6) is -2.04. The Morgan fingerprint density at radius 3 is 2.37 bits per heavy atom. The van der Waals surface area contributed by atoms with Crippen LogP contribution in [0, 0.1) is 19.8 Å². The van der Waals surface area contributed by atoms with Crippen molar-refractivity contribution in [1.82, 2.24) is 4.98 Å².